The fraction of sp³-hybridized carbons (Fsp3) is 0.406. The maximum Gasteiger partial charge on any atom is 0.417 e. The van der Waals surface area contributed by atoms with Gasteiger partial charge in [-0.25, -0.2) is 4.68 Å². The highest BCUT2D eigenvalue weighted by Gasteiger charge is 2.48. The van der Waals surface area contributed by atoms with Crippen molar-refractivity contribution in [3.05, 3.63) is 75.4 Å². The van der Waals surface area contributed by atoms with Gasteiger partial charge in [0, 0.05) is 40.8 Å². The molecular formula is C32H32BrF3N6O3. The van der Waals surface area contributed by atoms with E-state index in [1.807, 2.05) is 31.2 Å². The van der Waals surface area contributed by atoms with Crippen molar-refractivity contribution in [2.45, 2.75) is 51.9 Å². The zero-order valence-electron chi connectivity index (χ0n) is 25.2. The first-order valence-electron chi connectivity index (χ1n) is 14.8. The Morgan fingerprint density at radius 3 is 2.44 bits per heavy atom. The van der Waals surface area contributed by atoms with Crippen molar-refractivity contribution >= 4 is 51.0 Å². The lowest BCUT2D eigenvalue weighted by Gasteiger charge is -2.47. The molecule has 2 unspecified atom stereocenters. The molecule has 0 bridgehead atoms. The third-order valence-electron chi connectivity index (χ3n) is 8.73. The largest absolute Gasteiger partial charge is 0.417 e. The molecule has 9 nitrogen and oxygen atoms in total. The number of nitrogens with zero attached hydrogens (tertiary/aromatic N) is 6. The lowest BCUT2D eigenvalue weighted by molar-refractivity contribution is -0.138. The topological polar surface area (TPSA) is 91.1 Å². The van der Waals surface area contributed by atoms with E-state index in [4.69, 9.17) is 5.10 Å². The first kappa shape index (κ1) is 31.0. The van der Waals surface area contributed by atoms with Crippen LogP contribution in [0.1, 0.15) is 60.3 Å². The second-order valence-corrected chi connectivity index (χ2v) is 13.1. The minimum Gasteiger partial charge on any atom is -0.334 e. The fourth-order valence-corrected chi connectivity index (χ4v) is 6.97. The van der Waals surface area contributed by atoms with Gasteiger partial charge in [-0.3, -0.25) is 29.2 Å². The number of rotatable bonds is 5. The van der Waals surface area contributed by atoms with Gasteiger partial charge in [0.25, 0.3) is 5.91 Å². The van der Waals surface area contributed by atoms with Crippen LogP contribution in [0.4, 0.5) is 24.7 Å². The summed E-state index contributed by atoms with van der Waals surface area (Å²) in [5.74, 6) is 0.209. The number of fused-ring (bicyclic) bond motifs is 3. The van der Waals surface area contributed by atoms with Gasteiger partial charge in [0.1, 0.15) is 18.2 Å². The summed E-state index contributed by atoms with van der Waals surface area (Å²) in [4.78, 5) is 49.1. The number of aliphatic imine (C=N–C) groups is 1. The van der Waals surface area contributed by atoms with E-state index >= 15 is 0 Å². The molecule has 1 aromatic heterocycles. The number of hydrogen-bond acceptors (Lipinski definition) is 5. The van der Waals surface area contributed by atoms with Gasteiger partial charge in [0.15, 0.2) is 0 Å². The lowest BCUT2D eigenvalue weighted by atomic mass is 9.84. The number of alkyl halides is 3. The van der Waals surface area contributed by atoms with Crippen LogP contribution in [0.2, 0.25) is 0 Å². The summed E-state index contributed by atoms with van der Waals surface area (Å²) in [6.45, 7) is 6.19. The number of amidine groups is 1. The normalized spacial score (nSPS) is 21.8. The van der Waals surface area contributed by atoms with E-state index in [2.05, 4.69) is 34.8 Å². The minimum absolute atomic E-state index is 0.0694. The Hall–Kier alpha value is -4.00. The molecule has 3 atom stereocenters. The standard InChI is InChI=1S/C32H32BrF3N6O3/c1-17(2)11-21-14-38-42-26-16-40(30(44)20-7-10-25(33)24(13-20)32(34,35)36)18(3)12-23(26)31(45)41(29(21)42)22-8-5-19(6-9-22)28-37-15-27(43)39(28)4/h5-10,13-14,17-18,23,26H,11-12,15-16H2,1-4H3/t18-,23?,26?/m0/s1. The number of carbonyl (C=O) groups excluding carboxylic acids is 3. The molecule has 3 amide bonds. The quantitative estimate of drug-likeness (QED) is 0.337. The molecule has 13 heteroatoms. The third kappa shape index (κ3) is 5.44. The Morgan fingerprint density at radius 1 is 1.11 bits per heavy atom. The average Bonchev–Trinajstić information content (AvgIpc) is 3.54. The Balaban J connectivity index is 1.36. The molecule has 3 aromatic rings. The van der Waals surface area contributed by atoms with E-state index in [0.717, 1.165) is 17.2 Å². The predicted molar refractivity (Wildman–Crippen MR) is 165 cm³/mol. The van der Waals surface area contributed by atoms with Crippen LogP contribution in [-0.4, -0.2) is 69.3 Å². The van der Waals surface area contributed by atoms with E-state index in [9.17, 15) is 27.6 Å². The van der Waals surface area contributed by atoms with Crippen LogP contribution >= 0.6 is 15.9 Å². The summed E-state index contributed by atoms with van der Waals surface area (Å²) in [6.07, 6.45) is -1.89. The zero-order valence-corrected chi connectivity index (χ0v) is 26.8. The highest BCUT2D eigenvalue weighted by molar-refractivity contribution is 9.10. The van der Waals surface area contributed by atoms with Crippen molar-refractivity contribution in [1.82, 2.24) is 19.6 Å². The van der Waals surface area contributed by atoms with Crippen molar-refractivity contribution in [3.63, 3.8) is 0 Å². The van der Waals surface area contributed by atoms with E-state index in [1.165, 1.54) is 17.0 Å². The van der Waals surface area contributed by atoms with Crippen LogP contribution in [-0.2, 0) is 22.2 Å². The Labute approximate surface area is 266 Å². The number of likely N-dealkylation sites (N-methyl/N-ethyl adjacent to an activating group) is 1. The molecule has 3 aliphatic rings. The molecule has 3 aliphatic heterocycles. The number of piperidine rings is 1. The van der Waals surface area contributed by atoms with E-state index in [1.54, 1.807) is 27.7 Å². The Morgan fingerprint density at radius 2 is 1.82 bits per heavy atom. The third-order valence-corrected chi connectivity index (χ3v) is 9.42. The van der Waals surface area contributed by atoms with Crippen LogP contribution in [0.25, 0.3) is 0 Å². The van der Waals surface area contributed by atoms with Crippen LogP contribution in [0, 0.1) is 11.8 Å². The van der Waals surface area contributed by atoms with Gasteiger partial charge in [0.05, 0.1) is 29.4 Å². The van der Waals surface area contributed by atoms with Crippen molar-refractivity contribution in [3.8, 4) is 0 Å². The monoisotopic (exact) mass is 684 g/mol. The summed E-state index contributed by atoms with van der Waals surface area (Å²) >= 11 is 2.94. The number of likely N-dealkylation sites (tertiary alicyclic amines) is 1. The molecule has 45 heavy (non-hydrogen) atoms. The Kier molecular flexibility index (Phi) is 7.87. The van der Waals surface area contributed by atoms with Crippen molar-refractivity contribution in [2.24, 2.45) is 16.8 Å². The van der Waals surface area contributed by atoms with Gasteiger partial charge in [-0.15, -0.1) is 0 Å². The minimum atomic E-state index is -4.63. The van der Waals surface area contributed by atoms with Crippen molar-refractivity contribution in [2.75, 3.05) is 25.0 Å². The second-order valence-electron chi connectivity index (χ2n) is 12.3. The van der Waals surface area contributed by atoms with E-state index < -0.39 is 35.6 Å². The highest BCUT2D eigenvalue weighted by Crippen LogP contribution is 2.45. The summed E-state index contributed by atoms with van der Waals surface area (Å²) in [7, 11) is 1.68. The molecule has 4 heterocycles. The second kappa shape index (κ2) is 11.4. The van der Waals surface area contributed by atoms with Gasteiger partial charge in [-0.05, 0) is 68.1 Å². The van der Waals surface area contributed by atoms with E-state index in [0.29, 0.717) is 30.2 Å². The number of carbonyl (C=O) groups is 3. The van der Waals surface area contributed by atoms with Gasteiger partial charge < -0.3 is 4.90 Å². The van der Waals surface area contributed by atoms with Crippen LogP contribution in [0.15, 0.2) is 58.1 Å². The van der Waals surface area contributed by atoms with Gasteiger partial charge in [-0.1, -0.05) is 29.8 Å². The van der Waals surface area contributed by atoms with E-state index in [-0.39, 0.29) is 40.9 Å². The number of amides is 3. The molecular weight excluding hydrogens is 653 g/mol. The van der Waals surface area contributed by atoms with Gasteiger partial charge in [-0.2, -0.15) is 18.3 Å². The number of benzene rings is 2. The van der Waals surface area contributed by atoms with Crippen LogP contribution in [0.3, 0.4) is 0 Å². The first-order valence-corrected chi connectivity index (χ1v) is 15.5. The number of aromatic nitrogens is 2. The van der Waals surface area contributed by atoms with Crippen LogP contribution in [0.5, 0.6) is 0 Å². The number of halogens is 4. The molecule has 0 spiro atoms. The number of anilines is 2. The average molecular weight is 686 g/mol. The summed E-state index contributed by atoms with van der Waals surface area (Å²) in [5, 5.41) is 4.72. The summed E-state index contributed by atoms with van der Waals surface area (Å²) < 4.78 is 42.5. The molecule has 236 valence electrons. The van der Waals surface area contributed by atoms with Gasteiger partial charge in [0.2, 0.25) is 11.8 Å². The molecule has 0 radical (unpaired) electrons. The molecule has 2 aromatic carbocycles. The number of hydrogen-bond donors (Lipinski definition) is 0. The first-order chi connectivity index (χ1) is 21.3. The molecule has 0 N–H and O–H groups in total. The molecule has 6 rings (SSSR count). The smallest absolute Gasteiger partial charge is 0.334 e. The maximum absolute atomic E-state index is 14.4. The molecule has 0 aliphatic carbocycles. The Bertz CT molecular complexity index is 1720. The summed E-state index contributed by atoms with van der Waals surface area (Å²) in [5.41, 5.74) is 1.29. The van der Waals surface area contributed by atoms with Gasteiger partial charge >= 0.3 is 6.18 Å². The highest BCUT2D eigenvalue weighted by atomic mass is 79.9. The lowest BCUT2D eigenvalue weighted by Crippen LogP contribution is -2.56. The molecule has 0 saturated carbocycles. The van der Waals surface area contributed by atoms with Crippen molar-refractivity contribution < 1.29 is 27.6 Å². The maximum atomic E-state index is 14.4. The SMILES string of the molecule is CC(C)Cc1cnn2c1N(c1ccc(C3=NCC(=O)N3C)cc1)C(=O)C1C[C@H](C)N(C(=O)c3ccc(Br)c(C(F)(F)F)c3)CC12. The van der Waals surface area contributed by atoms with Crippen LogP contribution < -0.4 is 4.90 Å². The fourth-order valence-electron chi connectivity index (χ4n) is 6.50. The zero-order chi connectivity index (χ0) is 32.4. The summed E-state index contributed by atoms with van der Waals surface area (Å²) in [6, 6.07) is 9.91. The molecule has 1 fully saturated rings. The molecule has 1 saturated heterocycles. The van der Waals surface area contributed by atoms with Crippen molar-refractivity contribution in [1.29, 1.82) is 0 Å². The predicted octanol–water partition coefficient (Wildman–Crippen LogP) is 5.85.